The summed E-state index contributed by atoms with van der Waals surface area (Å²) in [7, 11) is 2.10. The van der Waals surface area contributed by atoms with Crippen molar-refractivity contribution in [2.24, 2.45) is 0 Å². The van der Waals surface area contributed by atoms with Gasteiger partial charge in [-0.25, -0.2) is 0 Å². The average Bonchev–Trinajstić information content (AvgIpc) is 2.01. The highest BCUT2D eigenvalue weighted by Crippen LogP contribution is 2.25. The fourth-order valence-corrected chi connectivity index (χ4v) is 1.76. The molecular formula is C11H21NO2. The van der Waals surface area contributed by atoms with E-state index < -0.39 is 0 Å². The van der Waals surface area contributed by atoms with Crippen molar-refractivity contribution >= 4 is 5.97 Å². The standard InChI is InChI=1S/C11H21NO2/c1-4-14-11(13)8-9(2)12(3)10-6-5-7-10/h9-10H,4-8H2,1-3H3. The zero-order valence-corrected chi connectivity index (χ0v) is 9.45. The van der Waals surface area contributed by atoms with Gasteiger partial charge < -0.3 is 9.64 Å². The SMILES string of the molecule is CCOC(=O)CC(C)N(C)C1CCC1. The van der Waals surface area contributed by atoms with Crippen molar-refractivity contribution in [3.8, 4) is 0 Å². The first-order valence-electron chi connectivity index (χ1n) is 5.52. The Morgan fingerprint density at radius 3 is 2.64 bits per heavy atom. The largest absolute Gasteiger partial charge is 0.466 e. The quantitative estimate of drug-likeness (QED) is 0.632. The minimum absolute atomic E-state index is 0.0776. The summed E-state index contributed by atoms with van der Waals surface area (Å²) in [6.45, 7) is 4.42. The van der Waals surface area contributed by atoms with Crippen LogP contribution in [0.5, 0.6) is 0 Å². The summed E-state index contributed by atoms with van der Waals surface area (Å²) in [6.07, 6.45) is 4.41. The predicted molar refractivity (Wildman–Crippen MR) is 56.1 cm³/mol. The van der Waals surface area contributed by atoms with E-state index in [2.05, 4.69) is 18.9 Å². The summed E-state index contributed by atoms with van der Waals surface area (Å²) >= 11 is 0. The van der Waals surface area contributed by atoms with Gasteiger partial charge in [-0.1, -0.05) is 6.42 Å². The second-order valence-electron chi connectivity index (χ2n) is 4.11. The number of hydrogen-bond acceptors (Lipinski definition) is 3. The van der Waals surface area contributed by atoms with E-state index in [-0.39, 0.29) is 5.97 Å². The zero-order valence-electron chi connectivity index (χ0n) is 9.45. The van der Waals surface area contributed by atoms with E-state index in [1.54, 1.807) is 0 Å². The predicted octanol–water partition coefficient (Wildman–Crippen LogP) is 1.81. The highest BCUT2D eigenvalue weighted by Gasteiger charge is 2.26. The maximum Gasteiger partial charge on any atom is 0.307 e. The number of carbonyl (C=O) groups excluding carboxylic acids is 1. The third-order valence-electron chi connectivity index (χ3n) is 3.11. The van der Waals surface area contributed by atoms with Crippen molar-refractivity contribution in [2.75, 3.05) is 13.7 Å². The fraction of sp³-hybridized carbons (Fsp3) is 0.909. The molecule has 0 heterocycles. The molecule has 14 heavy (non-hydrogen) atoms. The Bertz CT molecular complexity index is 190. The Labute approximate surface area is 86.4 Å². The van der Waals surface area contributed by atoms with Gasteiger partial charge in [-0.05, 0) is 33.7 Å². The van der Waals surface area contributed by atoms with E-state index in [1.807, 2.05) is 6.92 Å². The highest BCUT2D eigenvalue weighted by atomic mass is 16.5. The molecule has 1 fully saturated rings. The molecule has 0 aromatic heterocycles. The molecule has 1 aliphatic carbocycles. The molecule has 1 saturated carbocycles. The zero-order chi connectivity index (χ0) is 10.6. The molecule has 0 aliphatic heterocycles. The van der Waals surface area contributed by atoms with Gasteiger partial charge in [0.25, 0.3) is 0 Å². The van der Waals surface area contributed by atoms with Crippen LogP contribution in [0.3, 0.4) is 0 Å². The van der Waals surface area contributed by atoms with Gasteiger partial charge in [0.05, 0.1) is 13.0 Å². The lowest BCUT2D eigenvalue weighted by atomic mass is 9.90. The molecule has 0 amide bonds. The van der Waals surface area contributed by atoms with Crippen molar-refractivity contribution in [1.82, 2.24) is 4.90 Å². The average molecular weight is 199 g/mol. The van der Waals surface area contributed by atoms with Crippen molar-refractivity contribution in [1.29, 1.82) is 0 Å². The van der Waals surface area contributed by atoms with Crippen LogP contribution in [0.2, 0.25) is 0 Å². The summed E-state index contributed by atoms with van der Waals surface area (Å²) in [6, 6.07) is 0.999. The molecule has 1 aliphatic rings. The van der Waals surface area contributed by atoms with Gasteiger partial charge in [0, 0.05) is 12.1 Å². The smallest absolute Gasteiger partial charge is 0.307 e. The summed E-state index contributed by atoms with van der Waals surface area (Å²) < 4.78 is 4.93. The molecule has 1 atom stereocenters. The number of nitrogens with zero attached hydrogens (tertiary/aromatic N) is 1. The normalized spacial score (nSPS) is 19.1. The van der Waals surface area contributed by atoms with E-state index in [0.29, 0.717) is 25.1 Å². The Morgan fingerprint density at radius 2 is 2.21 bits per heavy atom. The third-order valence-corrected chi connectivity index (χ3v) is 3.11. The van der Waals surface area contributed by atoms with Gasteiger partial charge in [-0.2, -0.15) is 0 Å². The lowest BCUT2D eigenvalue weighted by Crippen LogP contribution is -2.43. The first-order valence-corrected chi connectivity index (χ1v) is 5.52. The third kappa shape index (κ3) is 2.98. The van der Waals surface area contributed by atoms with Crippen LogP contribution < -0.4 is 0 Å². The molecule has 0 saturated heterocycles. The van der Waals surface area contributed by atoms with E-state index in [1.165, 1.54) is 19.3 Å². The van der Waals surface area contributed by atoms with Crippen LogP contribution in [-0.2, 0) is 9.53 Å². The number of hydrogen-bond donors (Lipinski definition) is 0. The molecule has 0 aromatic rings. The van der Waals surface area contributed by atoms with Gasteiger partial charge >= 0.3 is 5.97 Å². The summed E-state index contributed by atoms with van der Waals surface area (Å²) in [5, 5.41) is 0. The van der Waals surface area contributed by atoms with Gasteiger partial charge in [0.15, 0.2) is 0 Å². The molecule has 0 aromatic carbocycles. The molecule has 3 nitrogen and oxygen atoms in total. The first-order chi connectivity index (χ1) is 6.65. The topological polar surface area (TPSA) is 29.5 Å². The van der Waals surface area contributed by atoms with E-state index in [0.717, 1.165) is 0 Å². The molecule has 1 unspecified atom stereocenters. The summed E-state index contributed by atoms with van der Waals surface area (Å²) in [4.78, 5) is 13.5. The Morgan fingerprint density at radius 1 is 1.57 bits per heavy atom. The van der Waals surface area contributed by atoms with E-state index in [4.69, 9.17) is 4.74 Å². The second-order valence-corrected chi connectivity index (χ2v) is 4.11. The molecule has 1 rings (SSSR count). The molecule has 3 heteroatoms. The number of esters is 1. The van der Waals surface area contributed by atoms with Crippen LogP contribution in [0, 0.1) is 0 Å². The Balaban J connectivity index is 2.25. The molecule has 0 bridgehead atoms. The van der Waals surface area contributed by atoms with Gasteiger partial charge in [-0.15, -0.1) is 0 Å². The van der Waals surface area contributed by atoms with Crippen molar-refractivity contribution in [3.05, 3.63) is 0 Å². The molecule has 0 radical (unpaired) electrons. The summed E-state index contributed by atoms with van der Waals surface area (Å²) in [5.41, 5.74) is 0. The lowest BCUT2D eigenvalue weighted by Gasteiger charge is -2.38. The number of ether oxygens (including phenoxy) is 1. The van der Waals surface area contributed by atoms with Gasteiger partial charge in [0.2, 0.25) is 0 Å². The Hall–Kier alpha value is -0.570. The maximum atomic E-state index is 11.2. The minimum Gasteiger partial charge on any atom is -0.466 e. The van der Waals surface area contributed by atoms with Crippen molar-refractivity contribution < 1.29 is 9.53 Å². The number of carbonyl (C=O) groups is 1. The van der Waals surface area contributed by atoms with Crippen LogP contribution in [0.25, 0.3) is 0 Å². The maximum absolute atomic E-state index is 11.2. The van der Waals surface area contributed by atoms with Gasteiger partial charge in [0.1, 0.15) is 0 Å². The van der Waals surface area contributed by atoms with Gasteiger partial charge in [-0.3, -0.25) is 4.79 Å². The van der Waals surface area contributed by atoms with E-state index >= 15 is 0 Å². The van der Waals surface area contributed by atoms with Crippen LogP contribution in [0.1, 0.15) is 39.5 Å². The second kappa shape index (κ2) is 5.35. The lowest BCUT2D eigenvalue weighted by molar-refractivity contribution is -0.144. The van der Waals surface area contributed by atoms with Crippen molar-refractivity contribution in [2.45, 2.75) is 51.6 Å². The number of rotatable bonds is 5. The molecule has 82 valence electrons. The van der Waals surface area contributed by atoms with Crippen LogP contribution in [-0.4, -0.2) is 36.6 Å². The minimum atomic E-state index is -0.0776. The monoisotopic (exact) mass is 199 g/mol. The summed E-state index contributed by atoms with van der Waals surface area (Å²) in [5.74, 6) is -0.0776. The molecule has 0 N–H and O–H groups in total. The van der Waals surface area contributed by atoms with Crippen molar-refractivity contribution in [3.63, 3.8) is 0 Å². The van der Waals surface area contributed by atoms with E-state index in [9.17, 15) is 4.79 Å². The highest BCUT2D eigenvalue weighted by molar-refractivity contribution is 5.70. The fourth-order valence-electron chi connectivity index (χ4n) is 1.76. The molecular weight excluding hydrogens is 178 g/mol. The van der Waals surface area contributed by atoms with Crippen LogP contribution >= 0.6 is 0 Å². The first kappa shape index (κ1) is 11.5. The molecule has 0 spiro atoms. The van der Waals surface area contributed by atoms with Crippen LogP contribution in [0.4, 0.5) is 0 Å². The van der Waals surface area contributed by atoms with Crippen LogP contribution in [0.15, 0.2) is 0 Å². The Kier molecular flexibility index (Phi) is 4.39.